The number of hydrogen-bond donors (Lipinski definition) is 1. The molecule has 0 fully saturated rings. The summed E-state index contributed by atoms with van der Waals surface area (Å²) in [7, 11) is 1.52. The van der Waals surface area contributed by atoms with Crippen LogP contribution in [0.1, 0.15) is 18.1 Å². The van der Waals surface area contributed by atoms with E-state index >= 15 is 0 Å². The van der Waals surface area contributed by atoms with Crippen LogP contribution in [0.2, 0.25) is 0 Å². The van der Waals surface area contributed by atoms with Gasteiger partial charge in [0.2, 0.25) is 11.8 Å². The summed E-state index contributed by atoms with van der Waals surface area (Å²) in [5.74, 6) is -0.704. The first kappa shape index (κ1) is 20.0. The SMILES string of the molecule is CNC(=O)[C@H](C)N(Cc1ccccc1F)C(=O)CSc1ccc(C)cc1. The minimum Gasteiger partial charge on any atom is -0.357 e. The van der Waals surface area contributed by atoms with E-state index in [0.29, 0.717) is 5.56 Å². The van der Waals surface area contributed by atoms with Crippen molar-refractivity contribution in [1.29, 1.82) is 0 Å². The Hall–Kier alpha value is -2.34. The van der Waals surface area contributed by atoms with Crippen LogP contribution in [0.3, 0.4) is 0 Å². The zero-order valence-electron chi connectivity index (χ0n) is 15.2. The van der Waals surface area contributed by atoms with Gasteiger partial charge in [0, 0.05) is 24.1 Å². The predicted molar refractivity (Wildman–Crippen MR) is 102 cm³/mol. The van der Waals surface area contributed by atoms with Crippen LogP contribution in [0.5, 0.6) is 0 Å². The van der Waals surface area contributed by atoms with Gasteiger partial charge < -0.3 is 10.2 Å². The van der Waals surface area contributed by atoms with Gasteiger partial charge in [-0.25, -0.2) is 4.39 Å². The Bertz CT molecular complexity index is 765. The van der Waals surface area contributed by atoms with Crippen LogP contribution >= 0.6 is 11.8 Å². The van der Waals surface area contributed by atoms with Gasteiger partial charge in [0.1, 0.15) is 11.9 Å². The molecule has 0 saturated carbocycles. The largest absolute Gasteiger partial charge is 0.357 e. The molecule has 0 unspecified atom stereocenters. The summed E-state index contributed by atoms with van der Waals surface area (Å²) in [6, 6.07) is 13.5. The third-order valence-electron chi connectivity index (χ3n) is 4.10. The van der Waals surface area contributed by atoms with Crippen LogP contribution in [-0.2, 0) is 16.1 Å². The van der Waals surface area contributed by atoms with E-state index in [1.807, 2.05) is 31.2 Å². The molecule has 2 rings (SSSR count). The first-order chi connectivity index (χ1) is 12.4. The number of amides is 2. The summed E-state index contributed by atoms with van der Waals surface area (Å²) < 4.78 is 14.0. The van der Waals surface area contributed by atoms with Crippen molar-refractivity contribution < 1.29 is 14.0 Å². The van der Waals surface area contributed by atoms with E-state index < -0.39 is 6.04 Å². The molecule has 0 bridgehead atoms. The number of halogens is 1. The van der Waals surface area contributed by atoms with Gasteiger partial charge in [-0.3, -0.25) is 9.59 Å². The van der Waals surface area contributed by atoms with Gasteiger partial charge in [0.25, 0.3) is 0 Å². The molecule has 0 saturated heterocycles. The van der Waals surface area contributed by atoms with Gasteiger partial charge in [-0.2, -0.15) is 0 Å². The second kappa shape index (κ2) is 9.38. The number of carbonyl (C=O) groups excluding carboxylic acids is 2. The van der Waals surface area contributed by atoms with Crippen molar-refractivity contribution in [3.8, 4) is 0 Å². The lowest BCUT2D eigenvalue weighted by molar-refractivity contribution is -0.138. The smallest absolute Gasteiger partial charge is 0.242 e. The van der Waals surface area contributed by atoms with Crippen LogP contribution in [0.25, 0.3) is 0 Å². The van der Waals surface area contributed by atoms with Crippen LogP contribution in [0.4, 0.5) is 4.39 Å². The highest BCUT2D eigenvalue weighted by Crippen LogP contribution is 2.20. The number of carbonyl (C=O) groups is 2. The molecule has 0 radical (unpaired) electrons. The number of nitrogens with one attached hydrogen (secondary N) is 1. The number of nitrogens with zero attached hydrogens (tertiary/aromatic N) is 1. The maximum Gasteiger partial charge on any atom is 0.242 e. The summed E-state index contributed by atoms with van der Waals surface area (Å²) in [5.41, 5.74) is 1.53. The monoisotopic (exact) mass is 374 g/mol. The molecule has 138 valence electrons. The molecule has 2 aromatic carbocycles. The quantitative estimate of drug-likeness (QED) is 0.756. The highest BCUT2D eigenvalue weighted by Gasteiger charge is 2.26. The maximum atomic E-state index is 14.0. The molecule has 0 spiro atoms. The molecule has 26 heavy (non-hydrogen) atoms. The van der Waals surface area contributed by atoms with Crippen LogP contribution in [-0.4, -0.2) is 35.6 Å². The van der Waals surface area contributed by atoms with Crippen molar-refractivity contribution in [1.82, 2.24) is 10.2 Å². The molecule has 0 aliphatic carbocycles. The minimum absolute atomic E-state index is 0.0501. The van der Waals surface area contributed by atoms with Gasteiger partial charge in [-0.1, -0.05) is 35.9 Å². The Morgan fingerprint density at radius 1 is 1.15 bits per heavy atom. The molecule has 0 aliphatic heterocycles. The number of benzene rings is 2. The second-order valence-corrected chi connectivity index (χ2v) is 7.05. The van der Waals surface area contributed by atoms with E-state index in [4.69, 9.17) is 0 Å². The summed E-state index contributed by atoms with van der Waals surface area (Å²) in [5, 5.41) is 2.55. The third-order valence-corrected chi connectivity index (χ3v) is 5.09. The van der Waals surface area contributed by atoms with Gasteiger partial charge in [-0.05, 0) is 32.0 Å². The summed E-state index contributed by atoms with van der Waals surface area (Å²) in [4.78, 5) is 27.2. The number of rotatable bonds is 7. The first-order valence-corrected chi connectivity index (χ1v) is 9.35. The molecular formula is C20H23FN2O2S. The Morgan fingerprint density at radius 2 is 1.81 bits per heavy atom. The molecule has 0 heterocycles. The first-order valence-electron chi connectivity index (χ1n) is 8.36. The lowest BCUT2D eigenvalue weighted by atomic mass is 10.1. The van der Waals surface area contributed by atoms with Crippen LogP contribution in [0.15, 0.2) is 53.4 Å². The van der Waals surface area contributed by atoms with Crippen molar-refractivity contribution in [3.05, 3.63) is 65.5 Å². The standard InChI is InChI=1S/C20H23FN2O2S/c1-14-8-10-17(11-9-14)26-13-19(24)23(15(2)20(25)22-3)12-16-6-4-5-7-18(16)21/h4-11,15H,12-13H2,1-3H3,(H,22,25)/t15-/m0/s1. The minimum atomic E-state index is -0.689. The molecule has 1 N–H and O–H groups in total. The fourth-order valence-electron chi connectivity index (χ4n) is 2.46. The summed E-state index contributed by atoms with van der Waals surface area (Å²) in [6.45, 7) is 3.70. The molecule has 6 heteroatoms. The average molecular weight is 374 g/mol. The Labute approximate surface area is 157 Å². The fraction of sp³-hybridized carbons (Fsp3) is 0.300. The second-order valence-electron chi connectivity index (χ2n) is 6.01. The summed E-state index contributed by atoms with van der Waals surface area (Å²) in [6.07, 6.45) is 0. The molecule has 2 aromatic rings. The number of likely N-dealkylation sites (N-methyl/N-ethyl adjacent to an activating group) is 1. The van der Waals surface area contributed by atoms with E-state index in [1.165, 1.54) is 29.8 Å². The normalized spacial score (nSPS) is 11.7. The van der Waals surface area contributed by atoms with Gasteiger partial charge >= 0.3 is 0 Å². The molecule has 1 atom stereocenters. The Balaban J connectivity index is 2.13. The molecular weight excluding hydrogens is 351 g/mol. The average Bonchev–Trinajstić information content (AvgIpc) is 2.65. The van der Waals surface area contributed by atoms with Crippen molar-refractivity contribution in [2.24, 2.45) is 0 Å². The highest BCUT2D eigenvalue weighted by molar-refractivity contribution is 8.00. The predicted octanol–water partition coefficient (Wildman–Crippen LogP) is 3.39. The number of hydrogen-bond acceptors (Lipinski definition) is 3. The van der Waals surface area contributed by atoms with Crippen LogP contribution < -0.4 is 5.32 Å². The van der Waals surface area contributed by atoms with Gasteiger partial charge in [-0.15, -0.1) is 11.8 Å². The lowest BCUT2D eigenvalue weighted by Gasteiger charge is -2.28. The molecule has 0 aliphatic rings. The molecule has 0 aromatic heterocycles. The van der Waals surface area contributed by atoms with Crippen molar-refractivity contribution in [3.63, 3.8) is 0 Å². The van der Waals surface area contributed by atoms with Crippen molar-refractivity contribution in [2.45, 2.75) is 31.3 Å². The van der Waals surface area contributed by atoms with E-state index in [0.717, 1.165) is 10.5 Å². The van der Waals surface area contributed by atoms with Crippen molar-refractivity contribution >= 4 is 23.6 Å². The van der Waals surface area contributed by atoms with E-state index in [2.05, 4.69) is 5.32 Å². The Morgan fingerprint density at radius 3 is 2.42 bits per heavy atom. The van der Waals surface area contributed by atoms with Gasteiger partial charge in [0.15, 0.2) is 0 Å². The van der Waals surface area contributed by atoms with Crippen molar-refractivity contribution in [2.75, 3.05) is 12.8 Å². The fourth-order valence-corrected chi connectivity index (χ4v) is 3.25. The van der Waals surface area contributed by atoms with Crippen LogP contribution in [0, 0.1) is 12.7 Å². The van der Waals surface area contributed by atoms with E-state index in [1.54, 1.807) is 25.1 Å². The topological polar surface area (TPSA) is 49.4 Å². The Kier molecular flexibility index (Phi) is 7.21. The zero-order chi connectivity index (χ0) is 19.1. The maximum absolute atomic E-state index is 14.0. The zero-order valence-corrected chi connectivity index (χ0v) is 16.0. The van der Waals surface area contributed by atoms with Gasteiger partial charge in [0.05, 0.1) is 5.75 Å². The molecule has 4 nitrogen and oxygen atoms in total. The highest BCUT2D eigenvalue weighted by atomic mass is 32.2. The number of thioether (sulfide) groups is 1. The molecule has 2 amide bonds. The lowest BCUT2D eigenvalue weighted by Crippen LogP contribution is -2.47. The van der Waals surface area contributed by atoms with E-state index in [9.17, 15) is 14.0 Å². The third kappa shape index (κ3) is 5.33. The summed E-state index contributed by atoms with van der Waals surface area (Å²) >= 11 is 1.40. The number of aryl methyl sites for hydroxylation is 1. The van der Waals surface area contributed by atoms with E-state index in [-0.39, 0.29) is 29.9 Å².